The van der Waals surface area contributed by atoms with Crippen LogP contribution in [0.3, 0.4) is 0 Å². The number of ether oxygens (including phenoxy) is 2. The number of rotatable bonds is 18. The van der Waals surface area contributed by atoms with Gasteiger partial charge in [0.2, 0.25) is 0 Å². The fourth-order valence-electron chi connectivity index (χ4n) is 2.74. The summed E-state index contributed by atoms with van der Waals surface area (Å²) in [6.07, 6.45) is 11.3. The predicted molar refractivity (Wildman–Crippen MR) is 119 cm³/mol. The Kier molecular flexibility index (Phi) is 20.4. The molecule has 0 bridgehead atoms. The summed E-state index contributed by atoms with van der Waals surface area (Å²) in [5.74, 6) is -1.93. The van der Waals surface area contributed by atoms with Crippen LogP contribution in [0.1, 0.15) is 97.3 Å². The highest BCUT2D eigenvalue weighted by atomic mass is 32.2. The second kappa shape index (κ2) is 19.4. The van der Waals surface area contributed by atoms with Crippen molar-refractivity contribution in [1.29, 1.82) is 0 Å². The van der Waals surface area contributed by atoms with Gasteiger partial charge in [0.25, 0.3) is 10.1 Å². The molecule has 7 nitrogen and oxygen atoms in total. The van der Waals surface area contributed by atoms with Gasteiger partial charge in [-0.3, -0.25) is 14.1 Å². The van der Waals surface area contributed by atoms with Gasteiger partial charge in [-0.05, 0) is 12.8 Å². The van der Waals surface area contributed by atoms with Crippen LogP contribution in [0.25, 0.3) is 0 Å². The van der Waals surface area contributed by atoms with Crippen molar-refractivity contribution >= 4 is 39.4 Å². The van der Waals surface area contributed by atoms with Gasteiger partial charge in [-0.25, -0.2) is 0 Å². The Morgan fingerprint density at radius 3 is 1.62 bits per heavy atom. The van der Waals surface area contributed by atoms with Crippen LogP contribution in [0, 0.1) is 0 Å². The summed E-state index contributed by atoms with van der Waals surface area (Å²) in [4.78, 5) is 23.8. The molecule has 0 aromatic carbocycles. The number of hydrogen-bond acceptors (Lipinski definition) is 6. The van der Waals surface area contributed by atoms with E-state index in [0.29, 0.717) is 12.8 Å². The summed E-state index contributed by atoms with van der Waals surface area (Å²) in [5, 5.41) is -1.93. The van der Waals surface area contributed by atoms with Crippen LogP contribution in [0.5, 0.6) is 0 Å². The van der Waals surface area contributed by atoms with Gasteiger partial charge in [0.05, 0.1) is 19.6 Å². The van der Waals surface area contributed by atoms with Gasteiger partial charge >= 0.3 is 11.9 Å². The van der Waals surface area contributed by atoms with Gasteiger partial charge in [0.15, 0.2) is 22.6 Å². The van der Waals surface area contributed by atoms with E-state index in [1.165, 1.54) is 6.42 Å². The van der Waals surface area contributed by atoms with Gasteiger partial charge < -0.3 is 9.47 Å². The lowest BCUT2D eigenvalue weighted by atomic mass is 10.1. The van der Waals surface area contributed by atoms with Crippen molar-refractivity contribution < 1.29 is 32.0 Å². The van der Waals surface area contributed by atoms with E-state index >= 15 is 0 Å². The molecule has 0 aliphatic carbocycles. The Morgan fingerprint density at radius 1 is 0.759 bits per heavy atom. The van der Waals surface area contributed by atoms with Crippen LogP contribution in [-0.4, -0.2) is 60.7 Å². The van der Waals surface area contributed by atoms with Gasteiger partial charge in [-0.2, -0.15) is 8.42 Å². The summed E-state index contributed by atoms with van der Waals surface area (Å²) >= 11 is 0. The third kappa shape index (κ3) is 17.9. The van der Waals surface area contributed by atoms with Gasteiger partial charge in [0, 0.05) is 0 Å². The van der Waals surface area contributed by atoms with Crippen molar-refractivity contribution in [3.05, 3.63) is 0 Å². The van der Waals surface area contributed by atoms with Gasteiger partial charge in [0.1, 0.15) is 0 Å². The van der Waals surface area contributed by atoms with Gasteiger partial charge in [-0.15, -0.1) is 0 Å². The Labute approximate surface area is 187 Å². The quantitative estimate of drug-likeness (QED) is 0.147. The molecule has 0 aromatic rings. The van der Waals surface area contributed by atoms with Crippen LogP contribution in [0.4, 0.5) is 0 Å². The van der Waals surface area contributed by atoms with Crippen LogP contribution in [0.15, 0.2) is 0 Å². The van der Waals surface area contributed by atoms with Crippen molar-refractivity contribution in [2.24, 2.45) is 0 Å². The predicted octanol–water partition coefficient (Wildman–Crippen LogP) is 3.26. The number of carbonyl (C=O) groups excluding carboxylic acids is 2. The van der Waals surface area contributed by atoms with Crippen LogP contribution >= 0.6 is 0 Å². The minimum Gasteiger partial charge on any atom is -0.466 e. The first kappa shape index (κ1) is 30.6. The van der Waals surface area contributed by atoms with E-state index in [1.807, 2.05) is 0 Å². The molecule has 0 saturated carbocycles. The van der Waals surface area contributed by atoms with Crippen LogP contribution < -0.4 is 0 Å². The van der Waals surface area contributed by atoms with E-state index in [-0.39, 0.29) is 30.6 Å². The lowest BCUT2D eigenvalue weighted by Crippen LogP contribution is -2.34. The lowest BCUT2D eigenvalue weighted by molar-refractivity contribution is -0.150. The molecule has 0 aliphatic rings. The summed E-state index contributed by atoms with van der Waals surface area (Å²) in [6, 6.07) is 0. The molecule has 0 amide bonds. The molecular weight excluding hydrogens is 411 g/mol. The first-order valence-corrected chi connectivity index (χ1v) is 12.1. The molecule has 29 heavy (non-hydrogen) atoms. The summed E-state index contributed by atoms with van der Waals surface area (Å²) in [6.45, 7) is 4.50. The minimum atomic E-state index is -4.73. The number of hydrogen-bond donors (Lipinski definition) is 1. The summed E-state index contributed by atoms with van der Waals surface area (Å²) in [5.41, 5.74) is 0. The Balaban J connectivity index is 0. The molecule has 0 spiro atoms. The molecule has 0 radical (unpaired) electrons. The van der Waals surface area contributed by atoms with E-state index in [1.54, 1.807) is 0 Å². The highest BCUT2D eigenvalue weighted by Gasteiger charge is 2.35. The van der Waals surface area contributed by atoms with Crippen molar-refractivity contribution in [2.45, 2.75) is 103 Å². The monoisotopic (exact) mass is 452 g/mol. The third-order valence-electron chi connectivity index (χ3n) is 4.48. The molecule has 0 aromatic heterocycles. The number of carbonyl (C=O) groups is 2. The molecule has 172 valence electrons. The first-order chi connectivity index (χ1) is 13.3. The number of esters is 2. The average Bonchev–Trinajstić information content (AvgIpc) is 2.63. The number of unbranched alkanes of at least 4 members (excludes halogenated alkanes) is 10. The van der Waals surface area contributed by atoms with E-state index in [2.05, 4.69) is 13.8 Å². The second-order valence-corrected chi connectivity index (χ2v) is 8.73. The third-order valence-corrected chi connectivity index (χ3v) is 5.56. The zero-order chi connectivity index (χ0) is 21.3. The maximum atomic E-state index is 12.0. The summed E-state index contributed by atoms with van der Waals surface area (Å²) < 4.78 is 42.0. The van der Waals surface area contributed by atoms with Crippen LogP contribution in [-0.2, 0) is 29.2 Å². The standard InChI is InChI=1S/C20H38O7S.Al.3H/c1-3-5-7-9-11-13-15-26-19(21)17-18(28(23,24)25)20(22)27-16-14-12-10-8-6-4-2;;;;/h18H,3-17H2,1-2H3,(H,23,24,25);;;;. The van der Waals surface area contributed by atoms with E-state index in [0.717, 1.165) is 57.8 Å². The molecule has 0 heterocycles. The average molecular weight is 453 g/mol. The van der Waals surface area contributed by atoms with Gasteiger partial charge in [-0.1, -0.05) is 78.1 Å². The molecular formula is C20H41AlO7S. The molecule has 0 aliphatic heterocycles. The maximum Gasteiger partial charge on any atom is 0.327 e. The Hall–Kier alpha value is -0.618. The molecule has 1 unspecified atom stereocenters. The molecule has 1 N–H and O–H groups in total. The van der Waals surface area contributed by atoms with Crippen LogP contribution in [0.2, 0.25) is 0 Å². The highest BCUT2D eigenvalue weighted by Crippen LogP contribution is 2.11. The molecule has 0 saturated heterocycles. The zero-order valence-corrected chi connectivity index (χ0v) is 18.3. The fourth-order valence-corrected chi connectivity index (χ4v) is 3.39. The molecule has 1 atom stereocenters. The SMILES string of the molecule is CCCCCCCCOC(=O)CC(C(=O)OCCCCCCCC)S(=O)(=O)O.[AlH3]. The normalized spacial score (nSPS) is 12.1. The Bertz CT molecular complexity index is 523. The maximum absolute atomic E-state index is 12.0. The lowest BCUT2D eigenvalue weighted by Gasteiger charge is -2.13. The first-order valence-electron chi connectivity index (χ1n) is 10.6. The highest BCUT2D eigenvalue weighted by molar-refractivity contribution is 7.87. The smallest absolute Gasteiger partial charge is 0.327 e. The van der Waals surface area contributed by atoms with Crippen molar-refractivity contribution in [1.82, 2.24) is 0 Å². The van der Waals surface area contributed by atoms with Crippen molar-refractivity contribution in [3.8, 4) is 0 Å². The minimum absolute atomic E-state index is 0. The molecule has 9 heteroatoms. The second-order valence-electron chi connectivity index (χ2n) is 7.13. The van der Waals surface area contributed by atoms with E-state index in [4.69, 9.17) is 9.47 Å². The summed E-state index contributed by atoms with van der Waals surface area (Å²) in [7, 11) is -4.73. The molecule has 0 rings (SSSR count). The molecule has 0 fully saturated rings. The van der Waals surface area contributed by atoms with Crippen molar-refractivity contribution in [3.63, 3.8) is 0 Å². The zero-order valence-electron chi connectivity index (χ0n) is 17.5. The van der Waals surface area contributed by atoms with E-state index < -0.39 is 33.7 Å². The largest absolute Gasteiger partial charge is 0.466 e. The van der Waals surface area contributed by atoms with Crippen molar-refractivity contribution in [2.75, 3.05) is 13.2 Å². The van der Waals surface area contributed by atoms with E-state index in [9.17, 15) is 22.6 Å². The fraction of sp³-hybridized carbons (Fsp3) is 0.900. The Morgan fingerprint density at radius 2 is 1.17 bits per heavy atom. The topological polar surface area (TPSA) is 107 Å².